The number of rotatable bonds is 4. The van der Waals surface area contributed by atoms with E-state index in [1.807, 2.05) is 19.9 Å². The number of benzene rings is 1. The van der Waals surface area contributed by atoms with E-state index < -0.39 is 15.8 Å². The van der Waals surface area contributed by atoms with Crippen molar-refractivity contribution in [3.63, 3.8) is 0 Å². The molecule has 0 bridgehead atoms. The number of carboxylic acids is 1. The normalized spacial score (nSPS) is 11.5. The maximum Gasteiger partial charge on any atom is 0.371 e. The number of carboxylic acid groups (broad SMARTS) is 1. The van der Waals surface area contributed by atoms with Crippen molar-refractivity contribution in [1.29, 1.82) is 0 Å². The molecule has 1 aromatic carbocycles. The molecule has 1 N–H and O–H groups in total. The van der Waals surface area contributed by atoms with E-state index in [9.17, 15) is 13.2 Å². The van der Waals surface area contributed by atoms with E-state index in [2.05, 4.69) is 0 Å². The summed E-state index contributed by atoms with van der Waals surface area (Å²) in [6.07, 6.45) is 0. The Hall–Kier alpha value is -2.08. The minimum atomic E-state index is -3.69. The van der Waals surface area contributed by atoms with Crippen LogP contribution in [0.15, 0.2) is 39.8 Å². The van der Waals surface area contributed by atoms with Crippen molar-refractivity contribution in [3.8, 4) is 0 Å². The Kier molecular flexibility index (Phi) is 3.67. The number of furan rings is 1. The van der Waals surface area contributed by atoms with Crippen molar-refractivity contribution in [3.05, 3.63) is 52.8 Å². The molecule has 0 unspecified atom stereocenters. The van der Waals surface area contributed by atoms with Gasteiger partial charge in [0.1, 0.15) is 0 Å². The third-order valence-corrected chi connectivity index (χ3v) is 4.28. The molecule has 0 aliphatic rings. The number of sulfone groups is 1. The van der Waals surface area contributed by atoms with Crippen LogP contribution in [0.3, 0.4) is 0 Å². The molecule has 2 aromatic rings. The molecule has 0 aliphatic heterocycles. The predicted octanol–water partition coefficient (Wildman–Crippen LogP) is 2.57. The summed E-state index contributed by atoms with van der Waals surface area (Å²) in [6.45, 7) is 3.77. The van der Waals surface area contributed by atoms with Crippen molar-refractivity contribution in [1.82, 2.24) is 0 Å². The third kappa shape index (κ3) is 3.08. The van der Waals surface area contributed by atoms with Gasteiger partial charge in [-0.3, -0.25) is 0 Å². The Morgan fingerprint density at radius 3 is 2.25 bits per heavy atom. The van der Waals surface area contributed by atoms with Crippen molar-refractivity contribution in [2.24, 2.45) is 0 Å². The average Bonchev–Trinajstić information content (AvgIpc) is 2.76. The zero-order valence-corrected chi connectivity index (χ0v) is 11.9. The molecule has 0 saturated heterocycles. The van der Waals surface area contributed by atoms with Crippen molar-refractivity contribution >= 4 is 15.8 Å². The van der Waals surface area contributed by atoms with Gasteiger partial charge in [0.15, 0.2) is 0 Å². The molecule has 1 heterocycles. The number of hydrogen-bond donors (Lipinski definition) is 1. The summed E-state index contributed by atoms with van der Waals surface area (Å²) < 4.78 is 29.2. The standard InChI is InChI=1S/C14H14O5S/c1-9-5-10(2)7-11(6-9)8-20(17,18)13-4-3-12(19-13)14(15)16/h3-7H,8H2,1-2H3,(H,15,16). The van der Waals surface area contributed by atoms with E-state index in [4.69, 9.17) is 9.52 Å². The lowest BCUT2D eigenvalue weighted by atomic mass is 10.1. The Morgan fingerprint density at radius 1 is 1.15 bits per heavy atom. The molecule has 106 valence electrons. The molecular formula is C14H14O5S. The van der Waals surface area contributed by atoms with Crippen molar-refractivity contribution in [2.75, 3.05) is 0 Å². The minimum absolute atomic E-state index is 0.220. The maximum atomic E-state index is 12.2. The van der Waals surface area contributed by atoms with Crippen molar-refractivity contribution in [2.45, 2.75) is 24.7 Å². The zero-order chi connectivity index (χ0) is 14.9. The Bertz CT molecular complexity index is 735. The van der Waals surface area contributed by atoms with Crippen LogP contribution in [0.5, 0.6) is 0 Å². The minimum Gasteiger partial charge on any atom is -0.475 e. The quantitative estimate of drug-likeness (QED) is 0.936. The maximum absolute atomic E-state index is 12.2. The molecule has 0 aliphatic carbocycles. The van der Waals surface area contributed by atoms with Crippen LogP contribution >= 0.6 is 0 Å². The summed E-state index contributed by atoms with van der Waals surface area (Å²) in [5.74, 6) is -1.90. The number of carbonyl (C=O) groups is 1. The van der Waals surface area contributed by atoms with Gasteiger partial charge in [-0.05, 0) is 31.5 Å². The summed E-state index contributed by atoms with van der Waals surface area (Å²) in [5.41, 5.74) is 2.59. The van der Waals surface area contributed by atoms with Gasteiger partial charge in [0.2, 0.25) is 20.7 Å². The van der Waals surface area contributed by atoms with Gasteiger partial charge >= 0.3 is 5.97 Å². The molecule has 1 aromatic heterocycles. The molecule has 0 amide bonds. The van der Waals surface area contributed by atoms with E-state index in [0.29, 0.717) is 5.56 Å². The summed E-state index contributed by atoms with van der Waals surface area (Å²) in [4.78, 5) is 10.7. The lowest BCUT2D eigenvalue weighted by Gasteiger charge is -2.05. The Morgan fingerprint density at radius 2 is 1.75 bits per heavy atom. The SMILES string of the molecule is Cc1cc(C)cc(CS(=O)(=O)c2ccc(C(=O)O)o2)c1. The van der Waals surface area contributed by atoms with Crippen LogP contribution in [0.1, 0.15) is 27.2 Å². The monoisotopic (exact) mass is 294 g/mol. The topological polar surface area (TPSA) is 84.6 Å². The van der Waals surface area contributed by atoms with E-state index >= 15 is 0 Å². The zero-order valence-electron chi connectivity index (χ0n) is 11.1. The molecule has 0 radical (unpaired) electrons. The largest absolute Gasteiger partial charge is 0.475 e. The molecular weight excluding hydrogens is 280 g/mol. The summed E-state index contributed by atoms with van der Waals surface area (Å²) in [5, 5.41) is 8.41. The highest BCUT2D eigenvalue weighted by atomic mass is 32.2. The molecule has 0 fully saturated rings. The number of aromatic carboxylic acids is 1. The predicted molar refractivity (Wildman–Crippen MR) is 72.5 cm³/mol. The lowest BCUT2D eigenvalue weighted by molar-refractivity contribution is 0.0656. The average molecular weight is 294 g/mol. The lowest BCUT2D eigenvalue weighted by Crippen LogP contribution is -2.04. The van der Waals surface area contributed by atoms with E-state index in [-0.39, 0.29) is 16.6 Å². The first-order valence-electron chi connectivity index (χ1n) is 5.91. The van der Waals surface area contributed by atoms with E-state index in [1.165, 1.54) is 6.07 Å². The highest BCUT2D eigenvalue weighted by Gasteiger charge is 2.21. The van der Waals surface area contributed by atoms with Gasteiger partial charge in [0.05, 0.1) is 5.75 Å². The second kappa shape index (κ2) is 5.13. The fraction of sp³-hybridized carbons (Fsp3) is 0.214. The molecule has 0 saturated carbocycles. The molecule has 5 nitrogen and oxygen atoms in total. The second-order valence-corrected chi connectivity index (χ2v) is 6.60. The Labute approximate surface area is 116 Å². The van der Waals surface area contributed by atoms with Crippen molar-refractivity contribution < 1.29 is 22.7 Å². The first-order valence-corrected chi connectivity index (χ1v) is 7.56. The van der Waals surface area contributed by atoms with E-state index in [0.717, 1.165) is 17.2 Å². The van der Waals surface area contributed by atoms with Gasteiger partial charge in [-0.1, -0.05) is 29.3 Å². The van der Waals surface area contributed by atoms with Crippen LogP contribution in [-0.4, -0.2) is 19.5 Å². The number of aryl methyl sites for hydroxylation is 2. The molecule has 6 heteroatoms. The van der Waals surface area contributed by atoms with Crippen LogP contribution in [-0.2, 0) is 15.6 Å². The fourth-order valence-corrected chi connectivity index (χ4v) is 3.28. The Balaban J connectivity index is 2.32. The van der Waals surface area contributed by atoms with Gasteiger partial charge in [-0.15, -0.1) is 0 Å². The van der Waals surface area contributed by atoms with Crippen LogP contribution in [0.2, 0.25) is 0 Å². The van der Waals surface area contributed by atoms with Gasteiger partial charge < -0.3 is 9.52 Å². The molecule has 0 atom stereocenters. The highest BCUT2D eigenvalue weighted by Crippen LogP contribution is 2.20. The van der Waals surface area contributed by atoms with Gasteiger partial charge in [-0.25, -0.2) is 13.2 Å². The fourth-order valence-electron chi connectivity index (χ4n) is 2.05. The smallest absolute Gasteiger partial charge is 0.371 e. The second-order valence-electron chi connectivity index (χ2n) is 4.68. The van der Waals surface area contributed by atoms with Crippen LogP contribution in [0, 0.1) is 13.8 Å². The summed E-state index contributed by atoms with van der Waals surface area (Å²) in [7, 11) is -3.69. The number of hydrogen-bond acceptors (Lipinski definition) is 4. The van der Waals surface area contributed by atoms with Gasteiger partial charge in [0.25, 0.3) is 0 Å². The summed E-state index contributed by atoms with van der Waals surface area (Å²) >= 11 is 0. The molecule has 0 spiro atoms. The van der Waals surface area contributed by atoms with Crippen LogP contribution in [0.25, 0.3) is 0 Å². The molecule has 2 rings (SSSR count). The van der Waals surface area contributed by atoms with E-state index in [1.54, 1.807) is 12.1 Å². The van der Waals surface area contributed by atoms with Crippen LogP contribution in [0.4, 0.5) is 0 Å². The molecule has 20 heavy (non-hydrogen) atoms. The highest BCUT2D eigenvalue weighted by molar-refractivity contribution is 7.90. The van der Waals surface area contributed by atoms with Gasteiger partial charge in [0, 0.05) is 0 Å². The first kappa shape index (κ1) is 14.3. The van der Waals surface area contributed by atoms with Gasteiger partial charge in [-0.2, -0.15) is 0 Å². The first-order chi connectivity index (χ1) is 9.28. The van der Waals surface area contributed by atoms with Crippen LogP contribution < -0.4 is 0 Å². The summed E-state index contributed by atoms with van der Waals surface area (Å²) in [6, 6.07) is 7.82. The third-order valence-electron chi connectivity index (χ3n) is 2.74.